The van der Waals surface area contributed by atoms with Crippen molar-refractivity contribution in [1.82, 2.24) is 9.13 Å². The zero-order valence-corrected chi connectivity index (χ0v) is 16.7. The third kappa shape index (κ3) is 3.74. The van der Waals surface area contributed by atoms with Crippen molar-refractivity contribution in [2.75, 3.05) is 5.32 Å². The van der Waals surface area contributed by atoms with E-state index < -0.39 is 35.3 Å². The Morgan fingerprint density at radius 2 is 1.87 bits per heavy atom. The maximum atomic E-state index is 13.9. The van der Waals surface area contributed by atoms with Gasteiger partial charge in [-0.25, -0.2) is 13.6 Å². The standard InChI is InChI=1S/C22H19F2N3O4/c1-2-3-10-26-21(29)20-19(14-6-4-5-7-17(14)31-20)27(22(26)30)12-18(28)25-16-9-8-13(23)11-15(16)24/h4-9,11H,2-3,10,12H2,1H3,(H,25,28). The number of furan rings is 1. The Kier molecular flexibility index (Phi) is 5.41. The lowest BCUT2D eigenvalue weighted by atomic mass is 10.2. The van der Waals surface area contributed by atoms with Crippen LogP contribution in [0, 0.1) is 11.6 Å². The molecule has 160 valence electrons. The van der Waals surface area contributed by atoms with E-state index in [-0.39, 0.29) is 23.3 Å². The summed E-state index contributed by atoms with van der Waals surface area (Å²) in [5, 5.41) is 2.85. The Hall–Kier alpha value is -3.75. The summed E-state index contributed by atoms with van der Waals surface area (Å²) in [6.07, 6.45) is 1.35. The van der Waals surface area contributed by atoms with Crippen LogP contribution >= 0.6 is 0 Å². The van der Waals surface area contributed by atoms with Crippen LogP contribution < -0.4 is 16.6 Å². The molecule has 0 fully saturated rings. The first-order chi connectivity index (χ1) is 14.9. The summed E-state index contributed by atoms with van der Waals surface area (Å²) in [5.74, 6) is -2.42. The smallest absolute Gasteiger partial charge is 0.332 e. The molecule has 7 nitrogen and oxygen atoms in total. The van der Waals surface area contributed by atoms with Crippen LogP contribution in [-0.2, 0) is 17.9 Å². The summed E-state index contributed by atoms with van der Waals surface area (Å²) in [6.45, 7) is 1.62. The third-order valence-corrected chi connectivity index (χ3v) is 4.98. The summed E-state index contributed by atoms with van der Waals surface area (Å²) in [4.78, 5) is 38.7. The van der Waals surface area contributed by atoms with Gasteiger partial charge in [-0.1, -0.05) is 25.5 Å². The molecule has 0 saturated heterocycles. The van der Waals surface area contributed by atoms with Gasteiger partial charge in [0.15, 0.2) is 0 Å². The molecular weight excluding hydrogens is 408 g/mol. The number of aromatic nitrogens is 2. The van der Waals surface area contributed by atoms with Gasteiger partial charge in [0, 0.05) is 18.0 Å². The number of carbonyl (C=O) groups excluding carboxylic acids is 1. The molecule has 4 rings (SSSR count). The molecule has 0 saturated carbocycles. The minimum atomic E-state index is -0.937. The van der Waals surface area contributed by atoms with E-state index in [1.807, 2.05) is 6.92 Å². The number of anilines is 1. The highest BCUT2D eigenvalue weighted by molar-refractivity contribution is 6.03. The molecular formula is C22H19F2N3O4. The van der Waals surface area contributed by atoms with Crippen LogP contribution in [0.25, 0.3) is 22.1 Å². The first kappa shape index (κ1) is 20.5. The molecule has 9 heteroatoms. The predicted molar refractivity (Wildman–Crippen MR) is 112 cm³/mol. The van der Waals surface area contributed by atoms with Crippen LogP contribution in [-0.4, -0.2) is 15.0 Å². The first-order valence-electron chi connectivity index (χ1n) is 9.80. The number of carbonyl (C=O) groups is 1. The quantitative estimate of drug-likeness (QED) is 0.509. The minimum absolute atomic E-state index is 0.0299. The van der Waals surface area contributed by atoms with Gasteiger partial charge in [0.2, 0.25) is 11.5 Å². The molecule has 0 atom stereocenters. The van der Waals surface area contributed by atoms with Gasteiger partial charge >= 0.3 is 5.69 Å². The highest BCUT2D eigenvalue weighted by Crippen LogP contribution is 2.25. The Morgan fingerprint density at radius 3 is 2.61 bits per heavy atom. The van der Waals surface area contributed by atoms with Crippen molar-refractivity contribution in [2.24, 2.45) is 0 Å². The number of nitrogens with one attached hydrogen (secondary N) is 1. The number of hydrogen-bond acceptors (Lipinski definition) is 4. The van der Waals surface area contributed by atoms with E-state index >= 15 is 0 Å². The molecule has 31 heavy (non-hydrogen) atoms. The molecule has 2 heterocycles. The molecule has 2 aromatic carbocycles. The Bertz CT molecular complexity index is 1420. The van der Waals surface area contributed by atoms with E-state index in [4.69, 9.17) is 4.42 Å². The molecule has 0 spiro atoms. The number of fused-ring (bicyclic) bond motifs is 3. The normalized spacial score (nSPS) is 11.3. The minimum Gasteiger partial charge on any atom is -0.449 e. The number of rotatable bonds is 6. The summed E-state index contributed by atoms with van der Waals surface area (Å²) < 4.78 is 34.9. The number of amides is 1. The number of nitrogens with zero attached hydrogens (tertiary/aromatic N) is 2. The average Bonchev–Trinajstić information content (AvgIpc) is 3.13. The molecule has 0 aliphatic heterocycles. The zero-order chi connectivity index (χ0) is 22.1. The number of halogens is 2. The Morgan fingerprint density at radius 1 is 1.10 bits per heavy atom. The molecule has 0 aliphatic carbocycles. The van der Waals surface area contributed by atoms with Gasteiger partial charge in [-0.05, 0) is 30.7 Å². The van der Waals surface area contributed by atoms with E-state index in [1.54, 1.807) is 24.3 Å². The summed E-state index contributed by atoms with van der Waals surface area (Å²) in [5.41, 5.74) is -0.864. The van der Waals surface area contributed by atoms with Crippen molar-refractivity contribution in [1.29, 1.82) is 0 Å². The topological polar surface area (TPSA) is 86.2 Å². The maximum absolute atomic E-state index is 13.9. The van der Waals surface area contributed by atoms with Gasteiger partial charge in [0.05, 0.1) is 5.69 Å². The van der Waals surface area contributed by atoms with Crippen molar-refractivity contribution in [3.63, 3.8) is 0 Å². The van der Waals surface area contributed by atoms with Crippen molar-refractivity contribution in [3.05, 3.63) is 74.9 Å². The van der Waals surface area contributed by atoms with Crippen LogP contribution in [0.3, 0.4) is 0 Å². The molecule has 2 aromatic heterocycles. The number of hydrogen-bond donors (Lipinski definition) is 1. The maximum Gasteiger partial charge on any atom is 0.332 e. The molecule has 0 bridgehead atoms. The van der Waals surface area contributed by atoms with Gasteiger partial charge in [-0.2, -0.15) is 0 Å². The Balaban J connectivity index is 1.84. The van der Waals surface area contributed by atoms with Crippen molar-refractivity contribution < 1.29 is 18.0 Å². The SMILES string of the molecule is CCCCn1c(=O)c2oc3ccccc3c2n(CC(=O)Nc2ccc(F)cc2F)c1=O. The van der Waals surface area contributed by atoms with Crippen LogP contribution in [0.15, 0.2) is 56.5 Å². The van der Waals surface area contributed by atoms with Crippen LogP contribution in [0.1, 0.15) is 19.8 Å². The van der Waals surface area contributed by atoms with E-state index in [0.29, 0.717) is 23.5 Å². The average molecular weight is 427 g/mol. The van der Waals surface area contributed by atoms with Crippen LogP contribution in [0.5, 0.6) is 0 Å². The lowest BCUT2D eigenvalue weighted by molar-refractivity contribution is -0.116. The third-order valence-electron chi connectivity index (χ3n) is 4.98. The number of benzene rings is 2. The van der Waals surface area contributed by atoms with Crippen molar-refractivity contribution in [3.8, 4) is 0 Å². The first-order valence-corrected chi connectivity index (χ1v) is 9.80. The monoisotopic (exact) mass is 427 g/mol. The highest BCUT2D eigenvalue weighted by atomic mass is 19.1. The second-order valence-corrected chi connectivity index (χ2v) is 7.13. The fourth-order valence-electron chi connectivity index (χ4n) is 3.48. The van der Waals surface area contributed by atoms with Gasteiger partial charge in [-0.15, -0.1) is 0 Å². The van der Waals surface area contributed by atoms with E-state index in [9.17, 15) is 23.2 Å². The van der Waals surface area contributed by atoms with E-state index in [0.717, 1.165) is 27.7 Å². The largest absolute Gasteiger partial charge is 0.449 e. The fourth-order valence-corrected chi connectivity index (χ4v) is 3.48. The fraction of sp³-hybridized carbons (Fsp3) is 0.227. The van der Waals surface area contributed by atoms with Crippen molar-refractivity contribution >= 4 is 33.7 Å². The summed E-state index contributed by atoms with van der Waals surface area (Å²) in [6, 6.07) is 9.55. The van der Waals surface area contributed by atoms with Gasteiger partial charge in [-0.3, -0.25) is 18.7 Å². The Labute approximate surface area is 174 Å². The molecule has 0 radical (unpaired) electrons. The van der Waals surface area contributed by atoms with Gasteiger partial charge in [0.1, 0.15) is 29.3 Å². The summed E-state index contributed by atoms with van der Waals surface area (Å²) >= 11 is 0. The zero-order valence-electron chi connectivity index (χ0n) is 16.7. The highest BCUT2D eigenvalue weighted by Gasteiger charge is 2.21. The molecule has 1 amide bonds. The van der Waals surface area contributed by atoms with Crippen LogP contribution in [0.4, 0.5) is 14.5 Å². The van der Waals surface area contributed by atoms with Gasteiger partial charge in [0.25, 0.3) is 5.56 Å². The molecule has 0 aliphatic rings. The summed E-state index contributed by atoms with van der Waals surface area (Å²) in [7, 11) is 0. The number of para-hydroxylation sites is 1. The van der Waals surface area contributed by atoms with E-state index in [1.165, 1.54) is 0 Å². The van der Waals surface area contributed by atoms with Gasteiger partial charge < -0.3 is 9.73 Å². The van der Waals surface area contributed by atoms with Crippen LogP contribution in [0.2, 0.25) is 0 Å². The van der Waals surface area contributed by atoms with E-state index in [2.05, 4.69) is 5.32 Å². The second-order valence-electron chi connectivity index (χ2n) is 7.13. The molecule has 1 N–H and O–H groups in total. The number of unbranched alkanes of at least 4 members (excludes halogenated alkanes) is 1. The predicted octanol–water partition coefficient (Wildman–Crippen LogP) is 3.63. The second kappa shape index (κ2) is 8.17. The lowest BCUT2D eigenvalue weighted by Gasteiger charge is -2.12. The lowest BCUT2D eigenvalue weighted by Crippen LogP contribution is -2.41. The van der Waals surface area contributed by atoms with Crippen molar-refractivity contribution in [2.45, 2.75) is 32.9 Å². The molecule has 0 unspecified atom stereocenters. The molecule has 4 aromatic rings.